The Morgan fingerprint density at radius 3 is 2.81 bits per heavy atom. The summed E-state index contributed by atoms with van der Waals surface area (Å²) in [5, 5.41) is 15.2. The molecule has 1 aromatic rings. The van der Waals surface area contributed by atoms with Gasteiger partial charge in [0, 0.05) is 19.2 Å². The van der Waals surface area contributed by atoms with Crippen LogP contribution >= 0.6 is 0 Å². The Labute approximate surface area is 96.3 Å². The molecule has 0 aliphatic rings. The standard InChI is InChI=1S/C11H20N4O/c1-3-5-13-10-7-12-8-11(15-10)14-9(2)4-6-16/h7-9,16H,3-6H2,1-2H3,(H2,13,14,15). The third-order valence-corrected chi connectivity index (χ3v) is 2.15. The van der Waals surface area contributed by atoms with Gasteiger partial charge in [-0.3, -0.25) is 4.98 Å². The van der Waals surface area contributed by atoms with Crippen molar-refractivity contribution in [3.63, 3.8) is 0 Å². The minimum Gasteiger partial charge on any atom is -0.396 e. The van der Waals surface area contributed by atoms with Gasteiger partial charge < -0.3 is 15.7 Å². The molecular weight excluding hydrogens is 204 g/mol. The molecule has 1 aromatic heterocycles. The van der Waals surface area contributed by atoms with Crippen LogP contribution in [0.4, 0.5) is 11.6 Å². The molecule has 5 heteroatoms. The predicted molar refractivity (Wildman–Crippen MR) is 65.6 cm³/mol. The number of anilines is 2. The molecule has 90 valence electrons. The topological polar surface area (TPSA) is 70.1 Å². The van der Waals surface area contributed by atoms with Crippen LogP contribution in [0.2, 0.25) is 0 Å². The van der Waals surface area contributed by atoms with Gasteiger partial charge in [0.25, 0.3) is 0 Å². The minimum absolute atomic E-state index is 0.176. The maximum absolute atomic E-state index is 8.80. The largest absolute Gasteiger partial charge is 0.396 e. The van der Waals surface area contributed by atoms with Crippen LogP contribution < -0.4 is 10.6 Å². The van der Waals surface area contributed by atoms with Crippen molar-refractivity contribution in [2.45, 2.75) is 32.7 Å². The highest BCUT2D eigenvalue weighted by molar-refractivity contribution is 5.41. The molecule has 3 N–H and O–H groups in total. The summed E-state index contributed by atoms with van der Waals surface area (Å²) in [5.74, 6) is 1.52. The molecule has 5 nitrogen and oxygen atoms in total. The van der Waals surface area contributed by atoms with Gasteiger partial charge in [-0.2, -0.15) is 0 Å². The number of aromatic nitrogens is 2. The van der Waals surface area contributed by atoms with Gasteiger partial charge >= 0.3 is 0 Å². The second-order valence-corrected chi connectivity index (χ2v) is 3.77. The van der Waals surface area contributed by atoms with Crippen molar-refractivity contribution >= 4 is 11.6 Å². The Kier molecular flexibility index (Phi) is 5.56. The third-order valence-electron chi connectivity index (χ3n) is 2.15. The van der Waals surface area contributed by atoms with Crippen molar-refractivity contribution in [1.29, 1.82) is 0 Å². The first-order valence-electron chi connectivity index (χ1n) is 5.69. The van der Waals surface area contributed by atoms with Gasteiger partial charge in [-0.1, -0.05) is 6.92 Å². The van der Waals surface area contributed by atoms with Crippen molar-refractivity contribution in [1.82, 2.24) is 9.97 Å². The van der Waals surface area contributed by atoms with Crippen molar-refractivity contribution < 1.29 is 5.11 Å². The molecule has 16 heavy (non-hydrogen) atoms. The summed E-state index contributed by atoms with van der Waals surface area (Å²) >= 11 is 0. The van der Waals surface area contributed by atoms with Gasteiger partial charge in [-0.25, -0.2) is 4.98 Å². The van der Waals surface area contributed by atoms with Crippen LogP contribution in [0.5, 0.6) is 0 Å². The van der Waals surface area contributed by atoms with E-state index in [9.17, 15) is 0 Å². The summed E-state index contributed by atoms with van der Waals surface area (Å²) in [4.78, 5) is 8.47. The molecular formula is C11H20N4O. The second-order valence-electron chi connectivity index (χ2n) is 3.77. The molecule has 0 aliphatic heterocycles. The zero-order chi connectivity index (χ0) is 11.8. The Morgan fingerprint density at radius 1 is 1.38 bits per heavy atom. The predicted octanol–water partition coefficient (Wildman–Crippen LogP) is 1.48. The van der Waals surface area contributed by atoms with Crippen molar-refractivity contribution in [2.75, 3.05) is 23.8 Å². The van der Waals surface area contributed by atoms with E-state index in [1.807, 2.05) is 6.92 Å². The van der Waals surface area contributed by atoms with Crippen LogP contribution in [0.15, 0.2) is 12.4 Å². The van der Waals surface area contributed by atoms with Crippen molar-refractivity contribution in [3.05, 3.63) is 12.4 Å². The molecule has 0 aliphatic carbocycles. The maximum Gasteiger partial charge on any atom is 0.147 e. The molecule has 0 amide bonds. The number of aliphatic hydroxyl groups is 1. The van der Waals surface area contributed by atoms with Crippen LogP contribution in [0.3, 0.4) is 0 Å². The average molecular weight is 224 g/mol. The number of nitrogens with one attached hydrogen (secondary N) is 2. The van der Waals surface area contributed by atoms with Crippen LogP contribution in [0.1, 0.15) is 26.7 Å². The van der Waals surface area contributed by atoms with E-state index in [2.05, 4.69) is 27.5 Å². The zero-order valence-corrected chi connectivity index (χ0v) is 9.90. The van der Waals surface area contributed by atoms with E-state index in [1.165, 1.54) is 0 Å². The molecule has 1 atom stereocenters. The van der Waals surface area contributed by atoms with Crippen LogP contribution in [-0.2, 0) is 0 Å². The highest BCUT2D eigenvalue weighted by Gasteiger charge is 2.03. The first kappa shape index (κ1) is 12.7. The fraction of sp³-hybridized carbons (Fsp3) is 0.636. The lowest BCUT2D eigenvalue weighted by Crippen LogP contribution is -2.18. The first-order chi connectivity index (χ1) is 7.76. The van der Waals surface area contributed by atoms with E-state index in [1.54, 1.807) is 12.4 Å². The summed E-state index contributed by atoms with van der Waals surface area (Å²) in [5.41, 5.74) is 0. The monoisotopic (exact) mass is 224 g/mol. The highest BCUT2D eigenvalue weighted by Crippen LogP contribution is 2.08. The molecule has 0 bridgehead atoms. The Bertz CT molecular complexity index is 306. The van der Waals surface area contributed by atoms with Crippen molar-refractivity contribution in [2.24, 2.45) is 0 Å². The second kappa shape index (κ2) is 7.00. The number of rotatable bonds is 7. The van der Waals surface area contributed by atoms with E-state index in [0.29, 0.717) is 6.42 Å². The van der Waals surface area contributed by atoms with E-state index < -0.39 is 0 Å². The lowest BCUT2D eigenvalue weighted by Gasteiger charge is -2.13. The summed E-state index contributed by atoms with van der Waals surface area (Å²) in [6.07, 6.45) is 5.15. The normalized spacial score (nSPS) is 12.2. The summed E-state index contributed by atoms with van der Waals surface area (Å²) in [6.45, 7) is 5.18. The lowest BCUT2D eigenvalue weighted by molar-refractivity contribution is 0.282. The fourth-order valence-corrected chi connectivity index (χ4v) is 1.29. The first-order valence-corrected chi connectivity index (χ1v) is 5.69. The summed E-state index contributed by atoms with van der Waals surface area (Å²) < 4.78 is 0. The molecule has 0 saturated heterocycles. The van der Waals surface area contributed by atoms with Crippen LogP contribution in [0, 0.1) is 0 Å². The molecule has 0 spiro atoms. The highest BCUT2D eigenvalue weighted by atomic mass is 16.3. The Balaban J connectivity index is 2.52. The van der Waals surface area contributed by atoms with Crippen LogP contribution in [0.25, 0.3) is 0 Å². The van der Waals surface area contributed by atoms with Gasteiger partial charge in [0.15, 0.2) is 0 Å². The number of hydrogen-bond donors (Lipinski definition) is 3. The quantitative estimate of drug-likeness (QED) is 0.654. The lowest BCUT2D eigenvalue weighted by atomic mass is 10.2. The van der Waals surface area contributed by atoms with E-state index >= 15 is 0 Å². The van der Waals surface area contributed by atoms with Gasteiger partial charge in [-0.15, -0.1) is 0 Å². The molecule has 0 radical (unpaired) electrons. The zero-order valence-electron chi connectivity index (χ0n) is 9.90. The SMILES string of the molecule is CCCNc1cncc(NC(C)CCO)n1. The van der Waals surface area contributed by atoms with Crippen LogP contribution in [-0.4, -0.2) is 34.3 Å². The van der Waals surface area contributed by atoms with E-state index in [0.717, 1.165) is 24.6 Å². The van der Waals surface area contributed by atoms with Gasteiger partial charge in [0.2, 0.25) is 0 Å². The van der Waals surface area contributed by atoms with Gasteiger partial charge in [0.1, 0.15) is 11.6 Å². The van der Waals surface area contributed by atoms with E-state index in [4.69, 9.17) is 5.11 Å². The van der Waals surface area contributed by atoms with Crippen molar-refractivity contribution in [3.8, 4) is 0 Å². The molecule has 1 unspecified atom stereocenters. The number of hydrogen-bond acceptors (Lipinski definition) is 5. The summed E-state index contributed by atoms with van der Waals surface area (Å²) in [6, 6.07) is 0.195. The average Bonchev–Trinajstić information content (AvgIpc) is 2.27. The number of aliphatic hydroxyl groups excluding tert-OH is 1. The summed E-state index contributed by atoms with van der Waals surface area (Å²) in [7, 11) is 0. The molecule has 0 fully saturated rings. The molecule has 0 saturated carbocycles. The molecule has 0 aromatic carbocycles. The molecule has 1 heterocycles. The Hall–Kier alpha value is -1.36. The minimum atomic E-state index is 0.176. The third kappa shape index (κ3) is 4.44. The molecule has 1 rings (SSSR count). The fourth-order valence-electron chi connectivity index (χ4n) is 1.29. The van der Waals surface area contributed by atoms with Gasteiger partial charge in [0.05, 0.1) is 12.4 Å². The smallest absolute Gasteiger partial charge is 0.147 e. The van der Waals surface area contributed by atoms with Gasteiger partial charge in [-0.05, 0) is 19.8 Å². The maximum atomic E-state index is 8.80. The Morgan fingerprint density at radius 2 is 2.12 bits per heavy atom. The number of nitrogens with zero attached hydrogens (tertiary/aromatic N) is 2. The van der Waals surface area contributed by atoms with E-state index in [-0.39, 0.29) is 12.6 Å².